The Labute approximate surface area is 163 Å². The summed E-state index contributed by atoms with van der Waals surface area (Å²) in [5.74, 6) is 1.61. The van der Waals surface area contributed by atoms with Gasteiger partial charge in [-0.3, -0.25) is 4.79 Å². The Bertz CT molecular complexity index is 946. The molecule has 7 heteroatoms. The highest BCUT2D eigenvalue weighted by Gasteiger charge is 2.12. The van der Waals surface area contributed by atoms with Crippen molar-refractivity contribution in [2.45, 2.75) is 13.5 Å². The van der Waals surface area contributed by atoms with E-state index in [9.17, 15) is 4.79 Å². The van der Waals surface area contributed by atoms with Crippen molar-refractivity contribution in [1.29, 1.82) is 0 Å². The molecule has 144 valence electrons. The molecule has 3 aromatic rings. The van der Waals surface area contributed by atoms with E-state index in [-0.39, 0.29) is 11.6 Å². The molecule has 28 heavy (non-hydrogen) atoms. The number of para-hydroxylation sites is 3. The number of benzene rings is 2. The van der Waals surface area contributed by atoms with Crippen LogP contribution >= 0.6 is 0 Å². The Morgan fingerprint density at radius 3 is 2.57 bits per heavy atom. The van der Waals surface area contributed by atoms with Gasteiger partial charge in [0.05, 0.1) is 19.4 Å². The van der Waals surface area contributed by atoms with Crippen molar-refractivity contribution in [2.24, 2.45) is 0 Å². The van der Waals surface area contributed by atoms with Gasteiger partial charge in [0.1, 0.15) is 29.3 Å². The van der Waals surface area contributed by atoms with Crippen LogP contribution in [-0.4, -0.2) is 29.6 Å². The molecule has 0 spiro atoms. The average molecular weight is 378 g/mol. The van der Waals surface area contributed by atoms with Gasteiger partial charge in [0, 0.05) is 18.2 Å². The number of ether oxygens (including phenoxy) is 2. The Morgan fingerprint density at radius 1 is 1.04 bits per heavy atom. The fourth-order valence-corrected chi connectivity index (χ4v) is 2.65. The standard InChI is InChI=1S/C21H22N4O3/c1-3-28-19-11-7-5-9-16(19)25-21(26)17-12-20(24-14-23-17)22-13-15-8-4-6-10-18(15)27-2/h4-12,14H,3,13H2,1-2H3,(H,25,26)(H,22,23,24). The third-order valence-corrected chi connectivity index (χ3v) is 3.99. The van der Waals surface area contributed by atoms with Gasteiger partial charge in [-0.05, 0) is 25.1 Å². The number of carbonyl (C=O) groups excluding carboxylic acids is 1. The van der Waals surface area contributed by atoms with E-state index in [1.54, 1.807) is 25.3 Å². The van der Waals surface area contributed by atoms with Crippen molar-refractivity contribution in [3.05, 3.63) is 72.2 Å². The Morgan fingerprint density at radius 2 is 1.79 bits per heavy atom. The largest absolute Gasteiger partial charge is 0.496 e. The van der Waals surface area contributed by atoms with Crippen molar-refractivity contribution >= 4 is 17.4 Å². The molecule has 7 nitrogen and oxygen atoms in total. The van der Waals surface area contributed by atoms with Crippen molar-refractivity contribution in [3.8, 4) is 11.5 Å². The molecule has 2 N–H and O–H groups in total. The Hall–Kier alpha value is -3.61. The molecular weight excluding hydrogens is 356 g/mol. The maximum absolute atomic E-state index is 12.6. The second kappa shape index (κ2) is 9.36. The lowest BCUT2D eigenvalue weighted by atomic mass is 10.2. The molecule has 2 aromatic carbocycles. The van der Waals surface area contributed by atoms with E-state index in [2.05, 4.69) is 20.6 Å². The average Bonchev–Trinajstić information content (AvgIpc) is 2.74. The first kappa shape index (κ1) is 19.2. The number of amides is 1. The van der Waals surface area contributed by atoms with Crippen LogP contribution in [0.5, 0.6) is 11.5 Å². The molecule has 0 fully saturated rings. The van der Waals surface area contributed by atoms with E-state index in [0.29, 0.717) is 30.4 Å². The van der Waals surface area contributed by atoms with Crippen LogP contribution in [0.4, 0.5) is 11.5 Å². The van der Waals surface area contributed by atoms with Crippen LogP contribution in [0, 0.1) is 0 Å². The quantitative estimate of drug-likeness (QED) is 0.621. The molecule has 0 unspecified atom stereocenters. The number of methoxy groups -OCH3 is 1. The number of anilines is 2. The summed E-state index contributed by atoms with van der Waals surface area (Å²) >= 11 is 0. The number of hydrogen-bond donors (Lipinski definition) is 2. The summed E-state index contributed by atoms with van der Waals surface area (Å²) in [5.41, 5.74) is 1.83. The van der Waals surface area contributed by atoms with E-state index in [1.807, 2.05) is 43.3 Å². The van der Waals surface area contributed by atoms with E-state index < -0.39 is 0 Å². The molecule has 0 bridgehead atoms. The Kier molecular flexibility index (Phi) is 6.41. The lowest BCUT2D eigenvalue weighted by Gasteiger charge is -2.12. The molecule has 0 radical (unpaired) electrons. The van der Waals surface area contributed by atoms with Gasteiger partial charge in [-0.2, -0.15) is 0 Å². The normalized spacial score (nSPS) is 10.2. The lowest BCUT2D eigenvalue weighted by molar-refractivity contribution is 0.102. The highest BCUT2D eigenvalue weighted by molar-refractivity contribution is 6.04. The summed E-state index contributed by atoms with van der Waals surface area (Å²) in [4.78, 5) is 20.8. The second-order valence-electron chi connectivity index (χ2n) is 5.84. The minimum absolute atomic E-state index is 0.254. The van der Waals surface area contributed by atoms with E-state index in [0.717, 1.165) is 11.3 Å². The fraction of sp³-hybridized carbons (Fsp3) is 0.190. The number of hydrogen-bond acceptors (Lipinski definition) is 6. The number of aromatic nitrogens is 2. The predicted molar refractivity (Wildman–Crippen MR) is 108 cm³/mol. The van der Waals surface area contributed by atoms with Crippen LogP contribution in [-0.2, 0) is 6.54 Å². The molecule has 1 heterocycles. The molecule has 0 aliphatic rings. The zero-order valence-electron chi connectivity index (χ0n) is 15.8. The smallest absolute Gasteiger partial charge is 0.274 e. The molecule has 1 aromatic heterocycles. The van der Waals surface area contributed by atoms with Gasteiger partial charge >= 0.3 is 0 Å². The molecule has 0 atom stereocenters. The number of nitrogens with one attached hydrogen (secondary N) is 2. The third kappa shape index (κ3) is 4.76. The minimum atomic E-state index is -0.338. The monoisotopic (exact) mass is 378 g/mol. The maximum Gasteiger partial charge on any atom is 0.274 e. The molecule has 0 saturated carbocycles. The Balaban J connectivity index is 1.70. The highest BCUT2D eigenvalue weighted by Crippen LogP contribution is 2.24. The molecule has 0 aliphatic heterocycles. The van der Waals surface area contributed by atoms with E-state index in [1.165, 1.54) is 6.33 Å². The molecule has 0 saturated heterocycles. The van der Waals surface area contributed by atoms with Gasteiger partial charge in [-0.15, -0.1) is 0 Å². The van der Waals surface area contributed by atoms with Gasteiger partial charge < -0.3 is 20.1 Å². The van der Waals surface area contributed by atoms with Crippen LogP contribution < -0.4 is 20.1 Å². The van der Waals surface area contributed by atoms with E-state index in [4.69, 9.17) is 9.47 Å². The SMILES string of the molecule is CCOc1ccccc1NC(=O)c1cc(NCc2ccccc2OC)ncn1. The predicted octanol–water partition coefficient (Wildman–Crippen LogP) is 3.75. The summed E-state index contributed by atoms with van der Waals surface area (Å²) < 4.78 is 10.9. The zero-order valence-corrected chi connectivity index (χ0v) is 15.8. The first-order chi connectivity index (χ1) is 13.7. The summed E-state index contributed by atoms with van der Waals surface area (Å²) in [6, 6.07) is 16.6. The first-order valence-electron chi connectivity index (χ1n) is 8.92. The third-order valence-electron chi connectivity index (χ3n) is 3.99. The summed E-state index contributed by atoms with van der Waals surface area (Å²) in [6.45, 7) is 2.91. The van der Waals surface area contributed by atoms with Crippen molar-refractivity contribution < 1.29 is 14.3 Å². The molecule has 0 aliphatic carbocycles. The lowest BCUT2D eigenvalue weighted by Crippen LogP contribution is -2.15. The van der Waals surface area contributed by atoms with Gasteiger partial charge in [0.25, 0.3) is 5.91 Å². The van der Waals surface area contributed by atoms with Crippen molar-refractivity contribution in [1.82, 2.24) is 9.97 Å². The van der Waals surface area contributed by atoms with Crippen LogP contribution in [0.15, 0.2) is 60.9 Å². The van der Waals surface area contributed by atoms with Gasteiger partial charge in [-0.25, -0.2) is 9.97 Å². The molecule has 1 amide bonds. The fourth-order valence-electron chi connectivity index (χ4n) is 2.65. The van der Waals surface area contributed by atoms with E-state index >= 15 is 0 Å². The number of rotatable bonds is 8. The summed E-state index contributed by atoms with van der Waals surface area (Å²) in [6.07, 6.45) is 1.36. The van der Waals surface area contributed by atoms with Crippen LogP contribution in [0.25, 0.3) is 0 Å². The highest BCUT2D eigenvalue weighted by atomic mass is 16.5. The van der Waals surface area contributed by atoms with Crippen molar-refractivity contribution in [2.75, 3.05) is 24.4 Å². The number of nitrogens with zero attached hydrogens (tertiary/aromatic N) is 2. The molecule has 3 rings (SSSR count). The van der Waals surface area contributed by atoms with Crippen molar-refractivity contribution in [3.63, 3.8) is 0 Å². The van der Waals surface area contributed by atoms with Gasteiger partial charge in [0.2, 0.25) is 0 Å². The van der Waals surface area contributed by atoms with Crippen LogP contribution in [0.1, 0.15) is 23.0 Å². The van der Waals surface area contributed by atoms with Crippen LogP contribution in [0.2, 0.25) is 0 Å². The zero-order chi connectivity index (χ0) is 19.8. The van der Waals surface area contributed by atoms with Gasteiger partial charge in [-0.1, -0.05) is 30.3 Å². The second-order valence-corrected chi connectivity index (χ2v) is 5.84. The number of carbonyl (C=O) groups is 1. The summed E-state index contributed by atoms with van der Waals surface area (Å²) in [7, 11) is 1.63. The minimum Gasteiger partial charge on any atom is -0.496 e. The maximum atomic E-state index is 12.6. The topological polar surface area (TPSA) is 85.4 Å². The van der Waals surface area contributed by atoms with Gasteiger partial charge in [0.15, 0.2) is 0 Å². The first-order valence-corrected chi connectivity index (χ1v) is 8.92. The van der Waals surface area contributed by atoms with Crippen LogP contribution in [0.3, 0.4) is 0 Å². The molecular formula is C21H22N4O3. The summed E-state index contributed by atoms with van der Waals surface area (Å²) in [5, 5.41) is 6.02.